The van der Waals surface area contributed by atoms with Crippen LogP contribution in [0.5, 0.6) is 0 Å². The third kappa shape index (κ3) is 4.00. The summed E-state index contributed by atoms with van der Waals surface area (Å²) in [5.74, 6) is -0.00588. The maximum absolute atomic E-state index is 12.8. The molecular weight excluding hydrogens is 338 g/mol. The summed E-state index contributed by atoms with van der Waals surface area (Å²) in [7, 11) is 0. The number of carbonyl (C=O) groups excluding carboxylic acids is 1. The van der Waals surface area contributed by atoms with E-state index in [9.17, 15) is 4.79 Å². The third-order valence-electron chi connectivity index (χ3n) is 4.85. The van der Waals surface area contributed by atoms with E-state index in [0.29, 0.717) is 11.6 Å². The topological polar surface area (TPSA) is 46.5 Å². The number of nitrogens with zero attached hydrogens (tertiary/aromatic N) is 2. The first-order chi connectivity index (χ1) is 12.1. The zero-order valence-electron chi connectivity index (χ0n) is 15.0. The zero-order valence-corrected chi connectivity index (χ0v) is 15.7. The highest BCUT2D eigenvalue weighted by atomic mass is 35.5. The fourth-order valence-corrected chi connectivity index (χ4v) is 3.70. The molecule has 1 aromatic heterocycles. The average Bonchev–Trinajstić information content (AvgIpc) is 2.91. The van der Waals surface area contributed by atoms with Gasteiger partial charge in [0.15, 0.2) is 0 Å². The summed E-state index contributed by atoms with van der Waals surface area (Å²) in [6.07, 6.45) is 0.947. The van der Waals surface area contributed by atoms with Gasteiger partial charge in [-0.2, -0.15) is 0 Å². The Morgan fingerprint density at radius 1 is 1.32 bits per heavy atom. The highest BCUT2D eigenvalue weighted by Crippen LogP contribution is 2.28. The van der Waals surface area contributed by atoms with Crippen LogP contribution in [0.3, 0.4) is 0 Å². The number of hydrogen-bond donors (Lipinski definition) is 1. The first kappa shape index (κ1) is 18.2. The Morgan fingerprint density at radius 2 is 2.08 bits per heavy atom. The second-order valence-corrected chi connectivity index (χ2v) is 6.88. The Hall–Kier alpha value is -1.56. The predicted octanol–water partition coefficient (Wildman–Crippen LogP) is 3.08. The van der Waals surface area contributed by atoms with E-state index in [0.717, 1.165) is 68.0 Å². The Morgan fingerprint density at radius 3 is 2.80 bits per heavy atom. The summed E-state index contributed by atoms with van der Waals surface area (Å²) in [6.45, 7) is 10.1. The molecular formula is C19H26ClN3O2. The van der Waals surface area contributed by atoms with E-state index >= 15 is 0 Å². The van der Waals surface area contributed by atoms with Crippen LogP contribution in [0.1, 0.15) is 29.4 Å². The van der Waals surface area contributed by atoms with E-state index in [1.54, 1.807) is 0 Å². The SMILES string of the molecule is CCn1c(C(=O)NCCCN2CCOCC2)c(C)c2cc(Cl)ccc21. The number of aryl methyl sites for hydroxylation is 2. The summed E-state index contributed by atoms with van der Waals surface area (Å²) in [5.41, 5.74) is 2.79. The smallest absolute Gasteiger partial charge is 0.268 e. The van der Waals surface area contributed by atoms with E-state index in [2.05, 4.69) is 21.7 Å². The number of benzene rings is 1. The molecule has 0 saturated carbocycles. The van der Waals surface area contributed by atoms with Gasteiger partial charge in [-0.25, -0.2) is 0 Å². The maximum Gasteiger partial charge on any atom is 0.268 e. The van der Waals surface area contributed by atoms with Gasteiger partial charge in [-0.3, -0.25) is 9.69 Å². The van der Waals surface area contributed by atoms with Gasteiger partial charge in [-0.1, -0.05) is 11.6 Å². The summed E-state index contributed by atoms with van der Waals surface area (Å²) in [6, 6.07) is 5.80. The molecule has 136 valence electrons. The van der Waals surface area contributed by atoms with Crippen molar-refractivity contribution in [2.75, 3.05) is 39.4 Å². The molecule has 0 unspecified atom stereocenters. The number of nitrogens with one attached hydrogen (secondary N) is 1. The third-order valence-corrected chi connectivity index (χ3v) is 5.09. The van der Waals surface area contributed by atoms with Crippen molar-refractivity contribution in [3.05, 3.63) is 34.5 Å². The van der Waals surface area contributed by atoms with E-state index < -0.39 is 0 Å². The average molecular weight is 364 g/mol. The van der Waals surface area contributed by atoms with Crippen LogP contribution in [0, 0.1) is 6.92 Å². The first-order valence-electron chi connectivity index (χ1n) is 8.98. The Labute approximate surface area is 153 Å². The minimum absolute atomic E-state index is 0.00588. The first-order valence-corrected chi connectivity index (χ1v) is 9.36. The molecule has 6 heteroatoms. The highest BCUT2D eigenvalue weighted by molar-refractivity contribution is 6.31. The predicted molar refractivity (Wildman–Crippen MR) is 102 cm³/mol. The van der Waals surface area contributed by atoms with Crippen LogP contribution in [-0.4, -0.2) is 54.8 Å². The number of fused-ring (bicyclic) bond motifs is 1. The molecule has 1 fully saturated rings. The van der Waals surface area contributed by atoms with Crippen molar-refractivity contribution < 1.29 is 9.53 Å². The van der Waals surface area contributed by atoms with Crippen molar-refractivity contribution >= 4 is 28.4 Å². The van der Waals surface area contributed by atoms with Gasteiger partial charge in [-0.15, -0.1) is 0 Å². The van der Waals surface area contributed by atoms with Crippen molar-refractivity contribution in [2.24, 2.45) is 0 Å². The number of amides is 1. The van der Waals surface area contributed by atoms with Crippen LogP contribution in [0.2, 0.25) is 5.02 Å². The second-order valence-electron chi connectivity index (χ2n) is 6.44. The number of rotatable bonds is 6. The minimum Gasteiger partial charge on any atom is -0.379 e. The molecule has 0 atom stereocenters. The molecule has 25 heavy (non-hydrogen) atoms. The molecule has 0 radical (unpaired) electrons. The second kappa shape index (κ2) is 8.21. The summed E-state index contributed by atoms with van der Waals surface area (Å²) in [5, 5.41) is 4.82. The lowest BCUT2D eigenvalue weighted by Gasteiger charge is -2.26. The minimum atomic E-state index is -0.00588. The van der Waals surface area contributed by atoms with Crippen LogP contribution in [-0.2, 0) is 11.3 Å². The molecule has 1 saturated heterocycles. The number of hydrogen-bond acceptors (Lipinski definition) is 3. The quantitative estimate of drug-likeness (QED) is 0.802. The van der Waals surface area contributed by atoms with Gasteiger partial charge in [0.1, 0.15) is 5.69 Å². The van der Waals surface area contributed by atoms with Gasteiger partial charge < -0.3 is 14.6 Å². The van der Waals surface area contributed by atoms with E-state index in [-0.39, 0.29) is 5.91 Å². The van der Waals surface area contributed by atoms with Crippen molar-refractivity contribution in [3.8, 4) is 0 Å². The zero-order chi connectivity index (χ0) is 17.8. The molecule has 2 aromatic rings. The van der Waals surface area contributed by atoms with Crippen LogP contribution in [0.15, 0.2) is 18.2 Å². The summed E-state index contributed by atoms with van der Waals surface area (Å²) in [4.78, 5) is 15.1. The molecule has 2 heterocycles. The highest BCUT2D eigenvalue weighted by Gasteiger charge is 2.19. The van der Waals surface area contributed by atoms with Crippen LogP contribution in [0.25, 0.3) is 10.9 Å². The summed E-state index contributed by atoms with van der Waals surface area (Å²) >= 11 is 6.13. The van der Waals surface area contributed by atoms with Gasteiger partial charge in [-0.05, 0) is 50.6 Å². The molecule has 1 aromatic carbocycles. The van der Waals surface area contributed by atoms with Crippen molar-refractivity contribution in [3.63, 3.8) is 0 Å². The molecule has 5 nitrogen and oxygen atoms in total. The molecule has 1 aliphatic heterocycles. The number of morpholine rings is 1. The molecule has 1 aliphatic rings. The van der Waals surface area contributed by atoms with Crippen LogP contribution >= 0.6 is 11.6 Å². The summed E-state index contributed by atoms with van der Waals surface area (Å²) < 4.78 is 7.42. The van der Waals surface area contributed by atoms with E-state index in [1.165, 1.54) is 0 Å². The van der Waals surface area contributed by atoms with Gasteiger partial charge in [0.05, 0.1) is 13.2 Å². The number of aromatic nitrogens is 1. The fraction of sp³-hybridized carbons (Fsp3) is 0.526. The molecule has 1 N–H and O–H groups in total. The van der Waals surface area contributed by atoms with E-state index in [4.69, 9.17) is 16.3 Å². The molecule has 1 amide bonds. The molecule has 0 spiro atoms. The van der Waals surface area contributed by atoms with Crippen LogP contribution < -0.4 is 5.32 Å². The van der Waals surface area contributed by atoms with Gasteiger partial charge in [0, 0.05) is 42.1 Å². The maximum atomic E-state index is 12.8. The molecule has 0 aliphatic carbocycles. The Balaban J connectivity index is 1.66. The van der Waals surface area contributed by atoms with Gasteiger partial charge >= 0.3 is 0 Å². The lowest BCUT2D eigenvalue weighted by atomic mass is 10.1. The fourth-order valence-electron chi connectivity index (χ4n) is 3.53. The molecule has 0 bridgehead atoms. The number of halogens is 1. The van der Waals surface area contributed by atoms with Gasteiger partial charge in [0.25, 0.3) is 5.91 Å². The van der Waals surface area contributed by atoms with Crippen LogP contribution in [0.4, 0.5) is 0 Å². The van der Waals surface area contributed by atoms with Crippen molar-refractivity contribution in [2.45, 2.75) is 26.8 Å². The normalized spacial score (nSPS) is 15.6. The largest absolute Gasteiger partial charge is 0.379 e. The van der Waals surface area contributed by atoms with Crippen molar-refractivity contribution in [1.29, 1.82) is 0 Å². The lowest BCUT2D eigenvalue weighted by molar-refractivity contribution is 0.0374. The van der Waals surface area contributed by atoms with E-state index in [1.807, 2.05) is 25.1 Å². The number of ether oxygens (including phenoxy) is 1. The monoisotopic (exact) mass is 363 g/mol. The van der Waals surface area contributed by atoms with Crippen molar-refractivity contribution in [1.82, 2.24) is 14.8 Å². The number of carbonyl (C=O) groups is 1. The Kier molecular flexibility index (Phi) is 5.99. The Bertz CT molecular complexity index is 751. The lowest BCUT2D eigenvalue weighted by Crippen LogP contribution is -2.38. The molecule has 3 rings (SSSR count). The standard InChI is InChI=1S/C19H26ClN3O2/c1-3-23-17-6-5-15(20)13-16(17)14(2)18(23)19(24)21-7-4-8-22-9-11-25-12-10-22/h5-6,13H,3-4,7-12H2,1-2H3,(H,21,24). The van der Waals surface area contributed by atoms with Gasteiger partial charge in [0.2, 0.25) is 0 Å².